The van der Waals surface area contributed by atoms with E-state index in [2.05, 4.69) is 26.1 Å². The molecule has 6 heteroatoms. The van der Waals surface area contributed by atoms with Crippen molar-refractivity contribution in [2.75, 3.05) is 18.8 Å². The second-order valence-electron chi connectivity index (χ2n) is 5.56. The minimum atomic E-state index is -3.35. The second kappa shape index (κ2) is 6.14. The van der Waals surface area contributed by atoms with E-state index < -0.39 is 15.9 Å². The maximum Gasteiger partial charge on any atom is 0.190 e. The molecule has 0 saturated carbocycles. The standard InChI is InChI=1S/C12H21NO3S2/c1-12(2,3)9-13-7-10(14)8-18(15,16)11-5-4-6-17-11/h4-6,10,13-14H,7-9H2,1-3H3. The summed E-state index contributed by atoms with van der Waals surface area (Å²) in [5.74, 6) is -0.231. The lowest BCUT2D eigenvalue weighted by atomic mass is 9.97. The molecule has 0 bridgehead atoms. The zero-order chi connectivity index (χ0) is 13.8. The number of hydrogen-bond donors (Lipinski definition) is 2. The van der Waals surface area contributed by atoms with E-state index in [9.17, 15) is 13.5 Å². The van der Waals surface area contributed by atoms with Gasteiger partial charge in [-0.05, 0) is 16.9 Å². The molecule has 0 aliphatic rings. The molecule has 0 saturated heterocycles. The number of nitrogens with one attached hydrogen (secondary N) is 1. The van der Waals surface area contributed by atoms with E-state index in [0.29, 0.717) is 10.8 Å². The van der Waals surface area contributed by atoms with Gasteiger partial charge in [-0.1, -0.05) is 26.8 Å². The summed E-state index contributed by atoms with van der Waals surface area (Å²) in [6.07, 6.45) is -0.876. The third kappa shape index (κ3) is 5.48. The lowest BCUT2D eigenvalue weighted by Gasteiger charge is -2.20. The maximum absolute atomic E-state index is 11.9. The fraction of sp³-hybridized carbons (Fsp3) is 0.667. The van der Waals surface area contributed by atoms with Crippen molar-refractivity contribution < 1.29 is 13.5 Å². The Morgan fingerprint density at radius 2 is 2.11 bits per heavy atom. The molecule has 0 radical (unpaired) electrons. The van der Waals surface area contributed by atoms with Crippen molar-refractivity contribution in [3.05, 3.63) is 17.5 Å². The topological polar surface area (TPSA) is 66.4 Å². The highest BCUT2D eigenvalue weighted by atomic mass is 32.2. The summed E-state index contributed by atoms with van der Waals surface area (Å²) in [7, 11) is -3.35. The van der Waals surface area contributed by atoms with Crippen molar-refractivity contribution in [2.45, 2.75) is 31.1 Å². The fourth-order valence-corrected chi connectivity index (χ4v) is 3.93. The SMILES string of the molecule is CC(C)(C)CNCC(O)CS(=O)(=O)c1cccs1. The number of sulfone groups is 1. The first-order valence-corrected chi connectivity index (χ1v) is 8.39. The van der Waals surface area contributed by atoms with Crippen molar-refractivity contribution in [3.63, 3.8) is 0 Å². The van der Waals surface area contributed by atoms with E-state index in [1.54, 1.807) is 17.5 Å². The average molecular weight is 291 g/mol. The molecule has 104 valence electrons. The molecule has 0 aliphatic heterocycles. The first-order chi connectivity index (χ1) is 8.21. The van der Waals surface area contributed by atoms with Gasteiger partial charge in [0, 0.05) is 13.1 Å². The van der Waals surface area contributed by atoms with Gasteiger partial charge in [0.1, 0.15) is 4.21 Å². The van der Waals surface area contributed by atoms with Gasteiger partial charge >= 0.3 is 0 Å². The molecule has 0 aliphatic carbocycles. The Morgan fingerprint density at radius 1 is 1.44 bits per heavy atom. The highest BCUT2D eigenvalue weighted by molar-refractivity contribution is 7.93. The molecular formula is C12H21NO3S2. The summed E-state index contributed by atoms with van der Waals surface area (Å²) >= 11 is 1.18. The van der Waals surface area contributed by atoms with Gasteiger partial charge < -0.3 is 10.4 Å². The Balaban J connectivity index is 2.43. The summed E-state index contributed by atoms with van der Waals surface area (Å²) in [6.45, 7) is 7.27. The van der Waals surface area contributed by atoms with Crippen molar-refractivity contribution in [2.24, 2.45) is 5.41 Å². The fourth-order valence-electron chi connectivity index (χ4n) is 1.45. The van der Waals surface area contributed by atoms with E-state index in [1.165, 1.54) is 11.3 Å². The van der Waals surface area contributed by atoms with Gasteiger partial charge in [0.25, 0.3) is 0 Å². The van der Waals surface area contributed by atoms with Crippen LogP contribution in [0.25, 0.3) is 0 Å². The monoisotopic (exact) mass is 291 g/mol. The minimum Gasteiger partial charge on any atom is -0.391 e. The molecule has 0 aromatic carbocycles. The number of thiophene rings is 1. The Morgan fingerprint density at radius 3 is 2.61 bits per heavy atom. The van der Waals surface area contributed by atoms with Crippen molar-refractivity contribution in [1.82, 2.24) is 5.32 Å². The van der Waals surface area contributed by atoms with E-state index in [0.717, 1.165) is 6.54 Å². The summed E-state index contributed by atoms with van der Waals surface area (Å²) in [6, 6.07) is 3.26. The average Bonchev–Trinajstić information content (AvgIpc) is 2.67. The van der Waals surface area contributed by atoms with Crippen LogP contribution in [0.5, 0.6) is 0 Å². The lowest BCUT2D eigenvalue weighted by Crippen LogP contribution is -2.36. The van der Waals surface area contributed by atoms with Gasteiger partial charge in [-0.15, -0.1) is 11.3 Å². The van der Waals surface area contributed by atoms with Gasteiger partial charge in [0.15, 0.2) is 9.84 Å². The van der Waals surface area contributed by atoms with E-state index in [1.807, 2.05) is 0 Å². The quantitative estimate of drug-likeness (QED) is 0.834. The molecule has 1 aromatic heterocycles. The molecule has 1 heterocycles. The summed E-state index contributed by atoms with van der Waals surface area (Å²) in [5.41, 5.74) is 0.117. The number of hydrogen-bond acceptors (Lipinski definition) is 5. The highest BCUT2D eigenvalue weighted by Crippen LogP contribution is 2.18. The Hall–Kier alpha value is -0.430. The molecular weight excluding hydrogens is 270 g/mol. The van der Waals surface area contributed by atoms with Crippen LogP contribution in [0.3, 0.4) is 0 Å². The van der Waals surface area contributed by atoms with E-state index in [4.69, 9.17) is 0 Å². The molecule has 1 unspecified atom stereocenters. The summed E-state index contributed by atoms with van der Waals surface area (Å²) < 4.78 is 24.1. The molecule has 4 nitrogen and oxygen atoms in total. The van der Waals surface area contributed by atoms with Crippen LogP contribution in [-0.4, -0.2) is 38.5 Å². The van der Waals surface area contributed by atoms with Gasteiger partial charge in [-0.2, -0.15) is 0 Å². The minimum absolute atomic E-state index is 0.117. The Labute approximate surface area is 113 Å². The van der Waals surface area contributed by atoms with Crippen LogP contribution in [0.15, 0.2) is 21.7 Å². The van der Waals surface area contributed by atoms with E-state index >= 15 is 0 Å². The van der Waals surface area contributed by atoms with Crippen molar-refractivity contribution >= 4 is 21.2 Å². The molecule has 1 rings (SSSR count). The molecule has 0 amide bonds. The van der Waals surface area contributed by atoms with Gasteiger partial charge in [0.2, 0.25) is 0 Å². The van der Waals surface area contributed by atoms with Gasteiger partial charge in [-0.3, -0.25) is 0 Å². The van der Waals surface area contributed by atoms with Gasteiger partial charge in [0.05, 0.1) is 11.9 Å². The zero-order valence-corrected chi connectivity index (χ0v) is 12.6. The van der Waals surface area contributed by atoms with Gasteiger partial charge in [-0.25, -0.2) is 8.42 Å². The largest absolute Gasteiger partial charge is 0.391 e. The molecule has 1 atom stereocenters. The third-order valence-electron chi connectivity index (χ3n) is 2.25. The van der Waals surface area contributed by atoms with Crippen molar-refractivity contribution in [3.8, 4) is 0 Å². The van der Waals surface area contributed by atoms with Crippen LogP contribution in [0.1, 0.15) is 20.8 Å². The summed E-state index contributed by atoms with van der Waals surface area (Å²) in [4.78, 5) is 0. The van der Waals surface area contributed by atoms with Crippen LogP contribution in [0.2, 0.25) is 0 Å². The van der Waals surface area contributed by atoms with Crippen LogP contribution in [0, 0.1) is 5.41 Å². The van der Waals surface area contributed by atoms with Crippen LogP contribution < -0.4 is 5.32 Å². The van der Waals surface area contributed by atoms with Crippen molar-refractivity contribution in [1.29, 1.82) is 0 Å². The first-order valence-electron chi connectivity index (χ1n) is 5.86. The third-order valence-corrected chi connectivity index (χ3v) is 5.53. The normalized spacial score (nSPS) is 14.7. The van der Waals surface area contributed by atoms with Crippen LogP contribution in [0.4, 0.5) is 0 Å². The molecule has 1 aromatic rings. The molecule has 18 heavy (non-hydrogen) atoms. The number of rotatable bonds is 6. The number of aliphatic hydroxyl groups is 1. The first kappa shape index (κ1) is 15.6. The molecule has 0 fully saturated rings. The van der Waals surface area contributed by atoms with Crippen LogP contribution >= 0.6 is 11.3 Å². The van der Waals surface area contributed by atoms with Crippen LogP contribution in [-0.2, 0) is 9.84 Å². The molecule has 0 spiro atoms. The smallest absolute Gasteiger partial charge is 0.190 e. The predicted octanol–water partition coefficient (Wildman–Crippen LogP) is 1.52. The number of aliphatic hydroxyl groups excluding tert-OH is 1. The summed E-state index contributed by atoms with van der Waals surface area (Å²) in [5, 5.41) is 14.5. The lowest BCUT2D eigenvalue weighted by molar-refractivity contribution is 0.188. The predicted molar refractivity (Wildman–Crippen MR) is 74.7 cm³/mol. The second-order valence-corrected chi connectivity index (χ2v) is 8.77. The Kier molecular flexibility index (Phi) is 5.33. The Bertz CT molecular complexity index is 446. The molecule has 2 N–H and O–H groups in total. The zero-order valence-electron chi connectivity index (χ0n) is 11.0. The van der Waals surface area contributed by atoms with E-state index in [-0.39, 0.29) is 11.2 Å². The highest BCUT2D eigenvalue weighted by Gasteiger charge is 2.21. The maximum atomic E-state index is 11.9.